The van der Waals surface area contributed by atoms with Crippen molar-refractivity contribution in [2.45, 2.75) is 31.7 Å². The van der Waals surface area contributed by atoms with Gasteiger partial charge in [0.2, 0.25) is 0 Å². The Kier molecular flexibility index (Phi) is 7.06. The van der Waals surface area contributed by atoms with Crippen molar-refractivity contribution >= 4 is 46.2 Å². The van der Waals surface area contributed by atoms with Crippen molar-refractivity contribution in [1.29, 1.82) is 0 Å². The normalized spacial score (nSPS) is 17.4. The molecule has 1 aromatic heterocycles. The first kappa shape index (κ1) is 22.0. The number of piperidine rings is 1. The maximum absolute atomic E-state index is 11.9. The van der Waals surface area contributed by atoms with E-state index in [1.165, 1.54) is 11.9 Å². The summed E-state index contributed by atoms with van der Waals surface area (Å²) in [6.07, 6.45) is 4.71. The highest BCUT2D eigenvalue weighted by molar-refractivity contribution is 6.31. The summed E-state index contributed by atoms with van der Waals surface area (Å²) in [5.74, 6) is 1.37. The number of anilines is 1. The molecule has 1 aliphatic heterocycles. The highest BCUT2D eigenvalue weighted by atomic mass is 35.5. The molecule has 2 atom stereocenters. The Bertz CT molecular complexity index is 1040. The van der Waals surface area contributed by atoms with Crippen LogP contribution < -0.4 is 5.32 Å². The average molecular weight is 457 g/mol. The van der Waals surface area contributed by atoms with Crippen LogP contribution in [0.25, 0.3) is 10.9 Å². The van der Waals surface area contributed by atoms with Gasteiger partial charge in [-0.1, -0.05) is 42.3 Å². The molecule has 7 heteroatoms. The largest absolute Gasteiger partial charge is 0.360 e. The Labute approximate surface area is 192 Å². The van der Waals surface area contributed by atoms with E-state index < -0.39 is 0 Å². The summed E-state index contributed by atoms with van der Waals surface area (Å²) in [7, 11) is 0. The number of aldehydes is 1. The molecule has 0 saturated carbocycles. The first-order chi connectivity index (χ1) is 15.0. The van der Waals surface area contributed by atoms with E-state index in [4.69, 9.17) is 23.2 Å². The highest BCUT2D eigenvalue weighted by Gasteiger charge is 2.25. The van der Waals surface area contributed by atoms with E-state index >= 15 is 0 Å². The molecule has 2 unspecified atom stereocenters. The first-order valence-corrected chi connectivity index (χ1v) is 11.4. The predicted molar refractivity (Wildman–Crippen MR) is 127 cm³/mol. The third-order valence-electron chi connectivity index (χ3n) is 6.14. The number of aromatic nitrogens is 2. The van der Waals surface area contributed by atoms with Crippen LogP contribution in [0, 0.1) is 5.92 Å². The van der Waals surface area contributed by atoms with Gasteiger partial charge in [0.1, 0.15) is 18.4 Å². The fraction of sp³-hybridized carbons (Fsp3) is 0.375. The van der Waals surface area contributed by atoms with Crippen molar-refractivity contribution < 1.29 is 4.79 Å². The molecular weight excluding hydrogens is 431 g/mol. The zero-order valence-electron chi connectivity index (χ0n) is 17.5. The van der Waals surface area contributed by atoms with Crippen molar-refractivity contribution in [2.75, 3.05) is 25.0 Å². The standard InChI is InChI=1S/C24H26Cl2N4O/c1-16(13-30-10-8-18(9-11-30)17-2-4-19(25)5-3-17)23(14-31)29-24-21-7-6-20(26)12-22(21)27-15-28-24/h2-7,12,14-16,18,23H,8-11,13H2,1H3,(H,27,28,29). The molecule has 1 saturated heterocycles. The molecule has 4 rings (SSSR count). The molecule has 31 heavy (non-hydrogen) atoms. The van der Waals surface area contributed by atoms with Gasteiger partial charge in [-0.2, -0.15) is 0 Å². The van der Waals surface area contributed by atoms with Crippen molar-refractivity contribution in [2.24, 2.45) is 5.92 Å². The SMILES string of the molecule is CC(CN1CCC(c2ccc(Cl)cc2)CC1)C(C=O)Nc1ncnc2cc(Cl)ccc12. The van der Waals surface area contributed by atoms with E-state index in [0.717, 1.165) is 54.7 Å². The van der Waals surface area contributed by atoms with Crippen molar-refractivity contribution in [3.63, 3.8) is 0 Å². The number of likely N-dealkylation sites (tertiary alicyclic amines) is 1. The molecule has 0 bridgehead atoms. The second-order valence-corrected chi connectivity index (χ2v) is 9.17. The van der Waals surface area contributed by atoms with E-state index in [-0.39, 0.29) is 12.0 Å². The van der Waals surface area contributed by atoms with Crippen LogP contribution in [-0.4, -0.2) is 46.8 Å². The number of carbonyl (C=O) groups is 1. The minimum absolute atomic E-state index is 0.141. The minimum atomic E-state index is -0.331. The zero-order valence-corrected chi connectivity index (χ0v) is 19.0. The van der Waals surface area contributed by atoms with Crippen LogP contribution in [0.4, 0.5) is 5.82 Å². The number of hydrogen-bond donors (Lipinski definition) is 1. The molecule has 2 heterocycles. The first-order valence-electron chi connectivity index (χ1n) is 10.6. The van der Waals surface area contributed by atoms with Crippen molar-refractivity contribution in [3.05, 3.63) is 64.4 Å². The van der Waals surface area contributed by atoms with Crippen LogP contribution in [0.5, 0.6) is 0 Å². The van der Waals surface area contributed by atoms with Crippen molar-refractivity contribution in [1.82, 2.24) is 14.9 Å². The average Bonchev–Trinajstić information content (AvgIpc) is 2.78. The van der Waals surface area contributed by atoms with Gasteiger partial charge in [0.05, 0.1) is 11.6 Å². The molecule has 5 nitrogen and oxygen atoms in total. The maximum atomic E-state index is 11.9. The number of carbonyl (C=O) groups excluding carboxylic acids is 1. The third-order valence-corrected chi connectivity index (χ3v) is 6.62. The molecule has 0 radical (unpaired) electrons. The topological polar surface area (TPSA) is 58.1 Å². The lowest BCUT2D eigenvalue weighted by Gasteiger charge is -2.35. The molecule has 1 aliphatic rings. The number of rotatable bonds is 7. The van der Waals surface area contributed by atoms with Gasteiger partial charge in [0, 0.05) is 22.0 Å². The fourth-order valence-electron chi connectivity index (χ4n) is 4.32. The molecule has 162 valence electrons. The minimum Gasteiger partial charge on any atom is -0.360 e. The molecular formula is C24H26Cl2N4O. The summed E-state index contributed by atoms with van der Waals surface area (Å²) in [6.45, 7) is 5.02. The summed E-state index contributed by atoms with van der Waals surface area (Å²) in [5, 5.41) is 5.58. The Morgan fingerprint density at radius 3 is 2.52 bits per heavy atom. The lowest BCUT2D eigenvalue weighted by molar-refractivity contribution is -0.109. The third kappa shape index (κ3) is 5.35. The molecule has 0 amide bonds. The maximum Gasteiger partial charge on any atom is 0.142 e. The summed E-state index contributed by atoms with van der Waals surface area (Å²) >= 11 is 12.1. The van der Waals surface area contributed by atoms with Gasteiger partial charge in [0.25, 0.3) is 0 Å². The molecule has 1 N–H and O–H groups in total. The highest BCUT2D eigenvalue weighted by Crippen LogP contribution is 2.29. The second-order valence-electron chi connectivity index (χ2n) is 8.29. The van der Waals surface area contributed by atoms with Crippen molar-refractivity contribution in [3.8, 4) is 0 Å². The lowest BCUT2D eigenvalue weighted by atomic mass is 9.89. The number of halogens is 2. The zero-order chi connectivity index (χ0) is 21.8. The molecule has 1 fully saturated rings. The summed E-state index contributed by atoms with van der Waals surface area (Å²) in [6, 6.07) is 13.4. The van der Waals surface area contributed by atoms with Gasteiger partial charge in [-0.05, 0) is 73.7 Å². The smallest absolute Gasteiger partial charge is 0.142 e. The Balaban J connectivity index is 1.36. The number of fused-ring (bicyclic) bond motifs is 1. The van der Waals surface area contributed by atoms with Gasteiger partial charge >= 0.3 is 0 Å². The van der Waals surface area contributed by atoms with Gasteiger partial charge < -0.3 is 15.0 Å². The molecule has 2 aromatic carbocycles. The van der Waals surface area contributed by atoms with E-state index in [0.29, 0.717) is 16.8 Å². The van der Waals surface area contributed by atoms with E-state index in [1.54, 1.807) is 6.07 Å². The molecule has 0 spiro atoms. The summed E-state index contributed by atoms with van der Waals surface area (Å²) < 4.78 is 0. The van der Waals surface area contributed by atoms with Crippen LogP contribution in [-0.2, 0) is 4.79 Å². The van der Waals surface area contributed by atoms with Gasteiger partial charge in [0.15, 0.2) is 0 Å². The second kappa shape index (κ2) is 9.94. The van der Waals surface area contributed by atoms with Crippen LogP contribution in [0.2, 0.25) is 10.0 Å². The van der Waals surface area contributed by atoms with Gasteiger partial charge in [-0.3, -0.25) is 0 Å². The lowest BCUT2D eigenvalue weighted by Crippen LogP contribution is -2.41. The van der Waals surface area contributed by atoms with Crippen LogP contribution >= 0.6 is 23.2 Å². The predicted octanol–water partition coefficient (Wildman–Crippen LogP) is 5.43. The molecule has 0 aliphatic carbocycles. The Morgan fingerprint density at radius 1 is 1.10 bits per heavy atom. The molecule has 3 aromatic rings. The van der Waals surface area contributed by atoms with Crippen LogP contribution in [0.1, 0.15) is 31.2 Å². The van der Waals surface area contributed by atoms with E-state index in [1.807, 2.05) is 24.3 Å². The monoisotopic (exact) mass is 456 g/mol. The summed E-state index contributed by atoms with van der Waals surface area (Å²) in [4.78, 5) is 23.0. The van der Waals surface area contributed by atoms with E-state index in [9.17, 15) is 4.79 Å². The number of benzene rings is 2. The van der Waals surface area contributed by atoms with Gasteiger partial charge in [-0.15, -0.1) is 0 Å². The van der Waals surface area contributed by atoms with Crippen LogP contribution in [0.15, 0.2) is 48.8 Å². The van der Waals surface area contributed by atoms with E-state index in [2.05, 4.69) is 39.2 Å². The summed E-state index contributed by atoms with van der Waals surface area (Å²) in [5.41, 5.74) is 2.12. The quantitative estimate of drug-likeness (QED) is 0.480. The van der Waals surface area contributed by atoms with Gasteiger partial charge in [-0.25, -0.2) is 9.97 Å². The Hall–Kier alpha value is -2.21. The number of hydrogen-bond acceptors (Lipinski definition) is 5. The number of nitrogens with zero attached hydrogens (tertiary/aromatic N) is 3. The Morgan fingerprint density at radius 2 is 1.81 bits per heavy atom. The van der Waals surface area contributed by atoms with Crippen LogP contribution in [0.3, 0.4) is 0 Å². The number of nitrogens with one attached hydrogen (secondary N) is 1. The fourth-order valence-corrected chi connectivity index (χ4v) is 4.61.